The highest BCUT2D eigenvalue weighted by molar-refractivity contribution is 5.22. The van der Waals surface area contributed by atoms with Crippen LogP contribution in [-0.2, 0) is 6.54 Å². The van der Waals surface area contributed by atoms with Gasteiger partial charge in [-0.15, -0.1) is 0 Å². The number of nitrogens with two attached hydrogens (primary N) is 1. The number of anilines is 1. The summed E-state index contributed by atoms with van der Waals surface area (Å²) in [5.74, 6) is 1.78. The van der Waals surface area contributed by atoms with Gasteiger partial charge in [-0.1, -0.05) is 5.16 Å². The summed E-state index contributed by atoms with van der Waals surface area (Å²) in [7, 11) is 0. The van der Waals surface area contributed by atoms with E-state index in [1.165, 1.54) is 5.56 Å². The summed E-state index contributed by atoms with van der Waals surface area (Å²) >= 11 is 0. The monoisotopic (exact) mass is 287 g/mol. The SMILES string of the molecule is Cc1noc(C)c1CN1CCC(c2ccnc(N)n2)CC1. The molecule has 1 aliphatic rings. The predicted octanol–water partition coefficient (Wildman–Crippen LogP) is 2.04. The number of likely N-dealkylation sites (tertiary alicyclic amines) is 1. The van der Waals surface area contributed by atoms with Crippen molar-refractivity contribution in [2.24, 2.45) is 0 Å². The number of aryl methyl sites for hydroxylation is 2. The Labute approximate surface area is 124 Å². The summed E-state index contributed by atoms with van der Waals surface area (Å²) in [6.45, 7) is 7.01. The minimum absolute atomic E-state index is 0.366. The van der Waals surface area contributed by atoms with Gasteiger partial charge in [-0.2, -0.15) is 0 Å². The van der Waals surface area contributed by atoms with E-state index in [0.29, 0.717) is 11.9 Å². The number of rotatable bonds is 3. The van der Waals surface area contributed by atoms with Crippen molar-refractivity contribution < 1.29 is 4.52 Å². The standard InChI is InChI=1S/C15H21N5O/c1-10-13(11(2)21-19-10)9-20-7-4-12(5-8-20)14-3-6-17-15(16)18-14/h3,6,12H,4-5,7-9H2,1-2H3,(H2,16,17,18). The second-order valence-corrected chi connectivity index (χ2v) is 5.69. The molecule has 2 aromatic rings. The van der Waals surface area contributed by atoms with E-state index in [-0.39, 0.29) is 0 Å². The number of piperidine rings is 1. The minimum atomic E-state index is 0.366. The number of nitrogens with zero attached hydrogens (tertiary/aromatic N) is 4. The highest BCUT2D eigenvalue weighted by Crippen LogP contribution is 2.28. The summed E-state index contributed by atoms with van der Waals surface area (Å²) in [4.78, 5) is 10.8. The van der Waals surface area contributed by atoms with E-state index < -0.39 is 0 Å². The van der Waals surface area contributed by atoms with E-state index >= 15 is 0 Å². The zero-order chi connectivity index (χ0) is 14.8. The van der Waals surface area contributed by atoms with Gasteiger partial charge in [-0.25, -0.2) is 9.97 Å². The first-order chi connectivity index (χ1) is 10.1. The second-order valence-electron chi connectivity index (χ2n) is 5.69. The van der Waals surface area contributed by atoms with Crippen LogP contribution in [0.3, 0.4) is 0 Å². The van der Waals surface area contributed by atoms with Crippen molar-refractivity contribution in [1.82, 2.24) is 20.0 Å². The summed E-state index contributed by atoms with van der Waals surface area (Å²) in [6, 6.07) is 1.98. The van der Waals surface area contributed by atoms with Gasteiger partial charge in [0.25, 0.3) is 0 Å². The van der Waals surface area contributed by atoms with Crippen LogP contribution in [0.2, 0.25) is 0 Å². The molecule has 1 fully saturated rings. The molecule has 0 atom stereocenters. The van der Waals surface area contributed by atoms with Crippen LogP contribution >= 0.6 is 0 Å². The molecule has 0 unspecified atom stereocenters. The van der Waals surface area contributed by atoms with Crippen molar-refractivity contribution in [2.75, 3.05) is 18.8 Å². The maximum atomic E-state index is 5.67. The Balaban J connectivity index is 1.60. The number of aromatic nitrogens is 3. The Morgan fingerprint density at radius 1 is 1.33 bits per heavy atom. The lowest BCUT2D eigenvalue weighted by Crippen LogP contribution is -2.33. The average molecular weight is 287 g/mol. The molecule has 6 nitrogen and oxygen atoms in total. The minimum Gasteiger partial charge on any atom is -0.368 e. The fourth-order valence-corrected chi connectivity index (χ4v) is 2.95. The van der Waals surface area contributed by atoms with Gasteiger partial charge in [0.05, 0.1) is 5.69 Å². The quantitative estimate of drug-likeness (QED) is 0.930. The van der Waals surface area contributed by atoms with Crippen LogP contribution in [0.1, 0.15) is 41.5 Å². The molecule has 0 aromatic carbocycles. The molecule has 1 aliphatic heterocycles. The first-order valence-corrected chi connectivity index (χ1v) is 7.36. The van der Waals surface area contributed by atoms with Gasteiger partial charge in [0.15, 0.2) is 0 Å². The highest BCUT2D eigenvalue weighted by Gasteiger charge is 2.23. The molecule has 0 aliphatic carbocycles. The van der Waals surface area contributed by atoms with Crippen LogP contribution < -0.4 is 5.73 Å². The van der Waals surface area contributed by atoms with Crippen molar-refractivity contribution in [3.8, 4) is 0 Å². The predicted molar refractivity (Wildman–Crippen MR) is 79.7 cm³/mol. The third kappa shape index (κ3) is 3.05. The molecule has 3 heterocycles. The fourth-order valence-electron chi connectivity index (χ4n) is 2.95. The summed E-state index contributed by atoms with van der Waals surface area (Å²) in [5.41, 5.74) is 8.96. The van der Waals surface area contributed by atoms with E-state index in [1.807, 2.05) is 19.9 Å². The van der Waals surface area contributed by atoms with Crippen LogP contribution in [0.15, 0.2) is 16.8 Å². The van der Waals surface area contributed by atoms with Crippen molar-refractivity contribution >= 4 is 5.95 Å². The van der Waals surface area contributed by atoms with Crippen molar-refractivity contribution in [3.05, 3.63) is 35.0 Å². The van der Waals surface area contributed by atoms with Crippen LogP contribution in [0.5, 0.6) is 0 Å². The van der Waals surface area contributed by atoms with Gasteiger partial charge >= 0.3 is 0 Å². The summed E-state index contributed by atoms with van der Waals surface area (Å²) in [5, 5.41) is 4.02. The molecule has 3 rings (SSSR count). The van der Waals surface area contributed by atoms with Gasteiger partial charge in [0.1, 0.15) is 5.76 Å². The van der Waals surface area contributed by atoms with Crippen LogP contribution in [-0.4, -0.2) is 33.1 Å². The van der Waals surface area contributed by atoms with Crippen molar-refractivity contribution in [1.29, 1.82) is 0 Å². The summed E-state index contributed by atoms with van der Waals surface area (Å²) in [6.07, 6.45) is 3.94. The van der Waals surface area contributed by atoms with Crippen molar-refractivity contribution in [3.63, 3.8) is 0 Å². The zero-order valence-electron chi connectivity index (χ0n) is 12.5. The molecule has 0 spiro atoms. The lowest BCUT2D eigenvalue weighted by Gasteiger charge is -2.31. The topological polar surface area (TPSA) is 81.1 Å². The third-order valence-electron chi connectivity index (χ3n) is 4.26. The normalized spacial score (nSPS) is 17.2. The Kier molecular flexibility index (Phi) is 3.88. The summed E-state index contributed by atoms with van der Waals surface area (Å²) < 4.78 is 5.23. The largest absolute Gasteiger partial charge is 0.368 e. The molecule has 0 saturated carbocycles. The molecule has 0 radical (unpaired) electrons. The molecular weight excluding hydrogens is 266 g/mol. The first-order valence-electron chi connectivity index (χ1n) is 7.36. The highest BCUT2D eigenvalue weighted by atomic mass is 16.5. The number of nitrogen functional groups attached to an aromatic ring is 1. The zero-order valence-corrected chi connectivity index (χ0v) is 12.5. The Hall–Kier alpha value is -1.95. The van der Waals surface area contributed by atoms with E-state index in [4.69, 9.17) is 10.3 Å². The van der Waals surface area contributed by atoms with Gasteiger partial charge in [0.2, 0.25) is 5.95 Å². The van der Waals surface area contributed by atoms with Crippen LogP contribution in [0.25, 0.3) is 0 Å². The van der Waals surface area contributed by atoms with Gasteiger partial charge < -0.3 is 10.3 Å². The number of hydrogen-bond acceptors (Lipinski definition) is 6. The molecule has 1 saturated heterocycles. The van der Waals surface area contributed by atoms with E-state index in [1.54, 1.807) is 6.20 Å². The lowest BCUT2D eigenvalue weighted by molar-refractivity contribution is 0.202. The molecule has 2 aromatic heterocycles. The fraction of sp³-hybridized carbons (Fsp3) is 0.533. The van der Waals surface area contributed by atoms with Crippen LogP contribution in [0, 0.1) is 13.8 Å². The second kappa shape index (κ2) is 5.81. The maximum Gasteiger partial charge on any atom is 0.220 e. The third-order valence-corrected chi connectivity index (χ3v) is 4.26. The molecular formula is C15H21N5O. The van der Waals surface area contributed by atoms with E-state index in [0.717, 1.165) is 49.6 Å². The Morgan fingerprint density at radius 3 is 2.71 bits per heavy atom. The smallest absolute Gasteiger partial charge is 0.220 e. The maximum absolute atomic E-state index is 5.67. The van der Waals surface area contributed by atoms with Gasteiger partial charge in [0, 0.05) is 29.9 Å². The molecule has 6 heteroatoms. The van der Waals surface area contributed by atoms with E-state index in [2.05, 4.69) is 20.0 Å². The molecule has 0 amide bonds. The van der Waals surface area contributed by atoms with Gasteiger partial charge in [-0.3, -0.25) is 4.90 Å². The molecule has 2 N–H and O–H groups in total. The Bertz CT molecular complexity index is 597. The first kappa shape index (κ1) is 14.0. The molecule has 21 heavy (non-hydrogen) atoms. The van der Waals surface area contributed by atoms with Crippen LogP contribution in [0.4, 0.5) is 5.95 Å². The van der Waals surface area contributed by atoms with Crippen molar-refractivity contribution in [2.45, 2.75) is 39.2 Å². The lowest BCUT2D eigenvalue weighted by atomic mass is 9.93. The van der Waals surface area contributed by atoms with E-state index in [9.17, 15) is 0 Å². The Morgan fingerprint density at radius 2 is 2.10 bits per heavy atom. The number of hydrogen-bond donors (Lipinski definition) is 1. The molecule has 0 bridgehead atoms. The van der Waals surface area contributed by atoms with Gasteiger partial charge in [-0.05, 0) is 45.8 Å². The average Bonchev–Trinajstić information content (AvgIpc) is 2.80. The molecule has 112 valence electrons.